The van der Waals surface area contributed by atoms with Gasteiger partial charge in [-0.1, -0.05) is 25.1 Å². The van der Waals surface area contributed by atoms with Crippen molar-refractivity contribution in [3.63, 3.8) is 0 Å². The number of nitrogens with zero attached hydrogens (tertiary/aromatic N) is 1. The molecular weight excluding hydrogens is 280 g/mol. The number of carboxylic acid groups (broad SMARTS) is 1. The SMILES string of the molecule is Cc1[nH]c2ccccc2c1C(=O)N1CC(C)CC(C(=O)O)C1. The van der Waals surface area contributed by atoms with Crippen LogP contribution in [0.25, 0.3) is 10.9 Å². The van der Waals surface area contributed by atoms with Crippen molar-refractivity contribution in [3.8, 4) is 0 Å². The fourth-order valence-electron chi connectivity index (χ4n) is 3.41. The van der Waals surface area contributed by atoms with Gasteiger partial charge in [-0.25, -0.2) is 0 Å². The Bertz CT molecular complexity index is 735. The van der Waals surface area contributed by atoms with Crippen LogP contribution in [0.4, 0.5) is 0 Å². The van der Waals surface area contributed by atoms with Crippen molar-refractivity contribution >= 4 is 22.8 Å². The molecule has 1 amide bonds. The van der Waals surface area contributed by atoms with Gasteiger partial charge in [-0.05, 0) is 25.3 Å². The summed E-state index contributed by atoms with van der Waals surface area (Å²) in [6.07, 6.45) is 0.631. The van der Waals surface area contributed by atoms with E-state index in [1.807, 2.05) is 38.1 Å². The Balaban J connectivity index is 1.95. The molecule has 2 atom stereocenters. The van der Waals surface area contributed by atoms with E-state index in [-0.39, 0.29) is 18.4 Å². The Morgan fingerprint density at radius 2 is 2.00 bits per heavy atom. The third kappa shape index (κ3) is 2.47. The first-order chi connectivity index (χ1) is 10.5. The Morgan fingerprint density at radius 3 is 2.73 bits per heavy atom. The second kappa shape index (κ2) is 5.48. The van der Waals surface area contributed by atoms with E-state index in [0.29, 0.717) is 18.5 Å². The van der Waals surface area contributed by atoms with Crippen molar-refractivity contribution in [1.29, 1.82) is 0 Å². The lowest BCUT2D eigenvalue weighted by Crippen LogP contribution is -2.45. The number of H-pyrrole nitrogens is 1. The Kier molecular flexibility index (Phi) is 3.64. The molecule has 3 rings (SSSR count). The summed E-state index contributed by atoms with van der Waals surface area (Å²) in [5, 5.41) is 10.2. The minimum Gasteiger partial charge on any atom is -0.481 e. The van der Waals surface area contributed by atoms with Crippen LogP contribution in [-0.4, -0.2) is 40.0 Å². The molecule has 0 radical (unpaired) electrons. The maximum absolute atomic E-state index is 12.9. The summed E-state index contributed by atoms with van der Waals surface area (Å²) in [5.41, 5.74) is 2.42. The molecule has 1 fully saturated rings. The van der Waals surface area contributed by atoms with E-state index in [0.717, 1.165) is 16.6 Å². The summed E-state index contributed by atoms with van der Waals surface area (Å²) < 4.78 is 0. The lowest BCUT2D eigenvalue weighted by atomic mass is 9.90. The summed E-state index contributed by atoms with van der Waals surface area (Å²) in [7, 11) is 0. The molecule has 2 unspecified atom stereocenters. The zero-order valence-electron chi connectivity index (χ0n) is 12.8. The normalized spacial score (nSPS) is 22.0. The molecule has 0 spiro atoms. The number of hydrogen-bond acceptors (Lipinski definition) is 2. The van der Waals surface area contributed by atoms with Crippen molar-refractivity contribution in [2.45, 2.75) is 20.3 Å². The van der Waals surface area contributed by atoms with Crippen LogP contribution in [0, 0.1) is 18.8 Å². The number of likely N-dealkylation sites (tertiary alicyclic amines) is 1. The van der Waals surface area contributed by atoms with E-state index in [1.165, 1.54) is 0 Å². The third-order valence-corrected chi connectivity index (χ3v) is 4.40. The molecule has 0 aliphatic carbocycles. The minimum atomic E-state index is -0.819. The molecule has 1 aliphatic rings. The minimum absolute atomic E-state index is 0.0762. The molecule has 1 aliphatic heterocycles. The molecular formula is C17H20N2O3. The van der Waals surface area contributed by atoms with Gasteiger partial charge < -0.3 is 15.0 Å². The average Bonchev–Trinajstić information content (AvgIpc) is 2.81. The number of fused-ring (bicyclic) bond motifs is 1. The number of benzene rings is 1. The lowest BCUT2D eigenvalue weighted by Gasteiger charge is -2.34. The zero-order valence-corrected chi connectivity index (χ0v) is 12.8. The number of aromatic nitrogens is 1. The van der Waals surface area contributed by atoms with E-state index in [1.54, 1.807) is 4.90 Å². The molecule has 0 saturated carbocycles. The van der Waals surface area contributed by atoms with Gasteiger partial charge in [-0.15, -0.1) is 0 Å². The lowest BCUT2D eigenvalue weighted by molar-refractivity contribution is -0.143. The zero-order chi connectivity index (χ0) is 15.9. The molecule has 5 nitrogen and oxygen atoms in total. The van der Waals surface area contributed by atoms with Gasteiger partial charge in [0.2, 0.25) is 0 Å². The molecule has 2 aromatic rings. The summed E-state index contributed by atoms with van der Waals surface area (Å²) in [4.78, 5) is 29.1. The highest BCUT2D eigenvalue weighted by Gasteiger charge is 2.33. The predicted molar refractivity (Wildman–Crippen MR) is 83.8 cm³/mol. The fourth-order valence-corrected chi connectivity index (χ4v) is 3.41. The second-order valence-electron chi connectivity index (χ2n) is 6.26. The predicted octanol–water partition coefficient (Wildman–Crippen LogP) is 2.66. The smallest absolute Gasteiger partial charge is 0.308 e. The number of rotatable bonds is 2. The van der Waals surface area contributed by atoms with Crippen LogP contribution in [0.15, 0.2) is 24.3 Å². The van der Waals surface area contributed by atoms with Crippen molar-refractivity contribution in [3.05, 3.63) is 35.5 Å². The number of carboxylic acids is 1. The second-order valence-corrected chi connectivity index (χ2v) is 6.26. The molecule has 22 heavy (non-hydrogen) atoms. The molecule has 5 heteroatoms. The Hall–Kier alpha value is -2.30. The number of amides is 1. The molecule has 1 aromatic heterocycles. The van der Waals surface area contributed by atoms with Gasteiger partial charge in [-0.2, -0.15) is 0 Å². The van der Waals surface area contributed by atoms with E-state index >= 15 is 0 Å². The molecule has 1 aromatic carbocycles. The molecule has 2 heterocycles. The maximum atomic E-state index is 12.9. The number of hydrogen-bond donors (Lipinski definition) is 2. The Labute approximate surface area is 128 Å². The van der Waals surface area contributed by atoms with Gasteiger partial charge in [-0.3, -0.25) is 9.59 Å². The fraction of sp³-hybridized carbons (Fsp3) is 0.412. The molecule has 116 valence electrons. The topological polar surface area (TPSA) is 73.4 Å². The van der Waals surface area contributed by atoms with Crippen LogP contribution >= 0.6 is 0 Å². The number of para-hydroxylation sites is 1. The Morgan fingerprint density at radius 1 is 1.27 bits per heavy atom. The summed E-state index contributed by atoms with van der Waals surface area (Å²) in [6.45, 7) is 4.78. The highest BCUT2D eigenvalue weighted by molar-refractivity contribution is 6.08. The monoisotopic (exact) mass is 300 g/mol. The van der Waals surface area contributed by atoms with E-state index in [2.05, 4.69) is 4.98 Å². The summed E-state index contributed by atoms with van der Waals surface area (Å²) >= 11 is 0. The van der Waals surface area contributed by atoms with Gasteiger partial charge in [0, 0.05) is 29.7 Å². The van der Waals surface area contributed by atoms with Gasteiger partial charge in [0.25, 0.3) is 5.91 Å². The van der Waals surface area contributed by atoms with Gasteiger partial charge in [0.1, 0.15) is 0 Å². The number of carbonyl (C=O) groups excluding carboxylic acids is 1. The highest BCUT2D eigenvalue weighted by atomic mass is 16.4. The summed E-state index contributed by atoms with van der Waals surface area (Å²) in [6, 6.07) is 7.70. The number of carbonyl (C=O) groups is 2. The van der Waals surface area contributed by atoms with Crippen molar-refractivity contribution < 1.29 is 14.7 Å². The average molecular weight is 300 g/mol. The first-order valence-corrected chi connectivity index (χ1v) is 7.56. The third-order valence-electron chi connectivity index (χ3n) is 4.40. The van der Waals surface area contributed by atoms with Crippen LogP contribution < -0.4 is 0 Å². The van der Waals surface area contributed by atoms with Crippen molar-refractivity contribution in [2.24, 2.45) is 11.8 Å². The van der Waals surface area contributed by atoms with Crippen molar-refractivity contribution in [2.75, 3.05) is 13.1 Å². The quantitative estimate of drug-likeness (QED) is 0.895. The van der Waals surface area contributed by atoms with Crippen LogP contribution in [0.3, 0.4) is 0 Å². The van der Waals surface area contributed by atoms with E-state index < -0.39 is 11.9 Å². The van der Waals surface area contributed by atoms with Crippen molar-refractivity contribution in [1.82, 2.24) is 9.88 Å². The van der Waals surface area contributed by atoms with Crippen LogP contribution in [0.5, 0.6) is 0 Å². The number of nitrogens with one attached hydrogen (secondary N) is 1. The van der Waals surface area contributed by atoms with Crippen LogP contribution in [0.1, 0.15) is 29.4 Å². The standard InChI is InChI=1S/C17H20N2O3/c1-10-7-12(17(21)22)9-19(8-10)16(20)15-11(2)18-14-6-4-3-5-13(14)15/h3-6,10,12,18H,7-9H2,1-2H3,(H,21,22). The largest absolute Gasteiger partial charge is 0.481 e. The maximum Gasteiger partial charge on any atom is 0.308 e. The number of aromatic amines is 1. The molecule has 2 N–H and O–H groups in total. The molecule has 1 saturated heterocycles. The van der Waals surface area contributed by atoms with E-state index in [4.69, 9.17) is 0 Å². The summed E-state index contributed by atoms with van der Waals surface area (Å²) in [5.74, 6) is -1.17. The van der Waals surface area contributed by atoms with Gasteiger partial charge in [0.05, 0.1) is 11.5 Å². The number of aliphatic carboxylic acids is 1. The van der Waals surface area contributed by atoms with Crippen LogP contribution in [0.2, 0.25) is 0 Å². The number of aryl methyl sites for hydroxylation is 1. The van der Waals surface area contributed by atoms with Gasteiger partial charge in [0.15, 0.2) is 0 Å². The number of piperidine rings is 1. The van der Waals surface area contributed by atoms with E-state index in [9.17, 15) is 14.7 Å². The first kappa shape index (κ1) is 14.6. The first-order valence-electron chi connectivity index (χ1n) is 7.56. The molecule has 0 bridgehead atoms. The van der Waals surface area contributed by atoms with Gasteiger partial charge >= 0.3 is 5.97 Å². The highest BCUT2D eigenvalue weighted by Crippen LogP contribution is 2.27. The van der Waals surface area contributed by atoms with Crippen LogP contribution in [-0.2, 0) is 4.79 Å².